The van der Waals surface area contributed by atoms with Gasteiger partial charge >= 0.3 is 0 Å². The van der Waals surface area contributed by atoms with Gasteiger partial charge in [0.15, 0.2) is 0 Å². The molecule has 112 valence electrons. The van der Waals surface area contributed by atoms with Crippen LogP contribution in [-0.2, 0) is 19.4 Å². The molecule has 0 bridgehead atoms. The molecule has 0 amide bonds. The van der Waals surface area contributed by atoms with Gasteiger partial charge in [-0.3, -0.25) is 0 Å². The number of fused-ring (bicyclic) bond motifs is 1. The van der Waals surface area contributed by atoms with Gasteiger partial charge in [-0.1, -0.05) is 12.1 Å². The van der Waals surface area contributed by atoms with Crippen molar-refractivity contribution in [1.82, 2.24) is 14.8 Å². The standard InChI is InChI=1S/C16H22N4O/c1-12-3-2-4-14(9-12)21-8-6-15-18-19-16-10-13(11-17)5-7-20(15)16/h2-4,9,13H,5-8,10-11,17H2,1H3. The van der Waals surface area contributed by atoms with Crippen LogP contribution in [0.5, 0.6) is 5.75 Å². The lowest BCUT2D eigenvalue weighted by Gasteiger charge is -2.22. The van der Waals surface area contributed by atoms with Crippen molar-refractivity contribution in [2.75, 3.05) is 13.2 Å². The Hall–Kier alpha value is -1.88. The van der Waals surface area contributed by atoms with Crippen molar-refractivity contribution in [2.45, 2.75) is 32.7 Å². The van der Waals surface area contributed by atoms with Crippen LogP contribution in [0.3, 0.4) is 0 Å². The second kappa shape index (κ2) is 6.26. The molecular weight excluding hydrogens is 264 g/mol. The van der Waals surface area contributed by atoms with Crippen molar-refractivity contribution in [2.24, 2.45) is 11.7 Å². The summed E-state index contributed by atoms with van der Waals surface area (Å²) in [4.78, 5) is 0. The molecule has 1 aromatic carbocycles. The van der Waals surface area contributed by atoms with E-state index in [2.05, 4.69) is 27.8 Å². The molecule has 5 nitrogen and oxygen atoms in total. The van der Waals surface area contributed by atoms with Crippen LogP contribution in [0.15, 0.2) is 24.3 Å². The van der Waals surface area contributed by atoms with E-state index in [0.29, 0.717) is 12.5 Å². The zero-order valence-electron chi connectivity index (χ0n) is 12.5. The Morgan fingerprint density at radius 3 is 3.10 bits per heavy atom. The van der Waals surface area contributed by atoms with Crippen molar-refractivity contribution in [1.29, 1.82) is 0 Å². The Morgan fingerprint density at radius 1 is 1.38 bits per heavy atom. The maximum atomic E-state index is 5.79. The third-order valence-electron chi connectivity index (χ3n) is 4.05. The van der Waals surface area contributed by atoms with Gasteiger partial charge in [-0.25, -0.2) is 0 Å². The number of benzene rings is 1. The number of rotatable bonds is 5. The van der Waals surface area contributed by atoms with E-state index < -0.39 is 0 Å². The molecule has 1 aliphatic heterocycles. The largest absolute Gasteiger partial charge is 0.493 e. The fourth-order valence-electron chi connectivity index (χ4n) is 2.80. The fourth-order valence-corrected chi connectivity index (χ4v) is 2.80. The number of nitrogens with two attached hydrogens (primary N) is 1. The minimum atomic E-state index is 0.554. The van der Waals surface area contributed by atoms with Crippen LogP contribution in [0.1, 0.15) is 23.6 Å². The second-order valence-electron chi connectivity index (χ2n) is 5.69. The summed E-state index contributed by atoms with van der Waals surface area (Å²) in [5.74, 6) is 3.56. The highest BCUT2D eigenvalue weighted by Gasteiger charge is 2.21. The molecule has 1 aromatic heterocycles. The van der Waals surface area contributed by atoms with Crippen molar-refractivity contribution < 1.29 is 4.74 Å². The van der Waals surface area contributed by atoms with E-state index in [9.17, 15) is 0 Å². The van der Waals surface area contributed by atoms with Gasteiger partial charge in [0.1, 0.15) is 17.4 Å². The van der Waals surface area contributed by atoms with Gasteiger partial charge in [0.25, 0.3) is 0 Å². The van der Waals surface area contributed by atoms with Gasteiger partial charge < -0.3 is 15.0 Å². The molecule has 0 spiro atoms. The van der Waals surface area contributed by atoms with Crippen LogP contribution in [0.2, 0.25) is 0 Å². The summed E-state index contributed by atoms with van der Waals surface area (Å²) in [6.07, 6.45) is 2.85. The molecule has 0 radical (unpaired) electrons. The number of ether oxygens (including phenoxy) is 1. The summed E-state index contributed by atoms with van der Waals surface area (Å²) in [6, 6.07) is 8.11. The van der Waals surface area contributed by atoms with E-state index >= 15 is 0 Å². The van der Waals surface area contributed by atoms with E-state index in [1.807, 2.05) is 18.2 Å². The molecule has 2 N–H and O–H groups in total. The summed E-state index contributed by atoms with van der Waals surface area (Å²) in [5.41, 5.74) is 6.96. The normalized spacial score (nSPS) is 17.5. The third-order valence-corrected chi connectivity index (χ3v) is 4.05. The second-order valence-corrected chi connectivity index (χ2v) is 5.69. The molecule has 0 saturated carbocycles. The summed E-state index contributed by atoms with van der Waals surface area (Å²) in [6.45, 7) is 4.40. The molecule has 1 aliphatic rings. The molecule has 2 aromatic rings. The Kier molecular flexibility index (Phi) is 4.20. The SMILES string of the molecule is Cc1cccc(OCCc2nnc3n2CCC(CN)C3)c1. The first-order chi connectivity index (χ1) is 10.3. The number of nitrogens with zero attached hydrogens (tertiary/aromatic N) is 3. The number of aryl methyl sites for hydroxylation is 1. The van der Waals surface area contributed by atoms with Crippen LogP contribution in [0.25, 0.3) is 0 Å². The monoisotopic (exact) mass is 286 g/mol. The van der Waals surface area contributed by atoms with Crippen LogP contribution in [0.4, 0.5) is 0 Å². The van der Waals surface area contributed by atoms with Crippen molar-refractivity contribution in [3.63, 3.8) is 0 Å². The molecule has 5 heteroatoms. The van der Waals surface area contributed by atoms with Crippen molar-refractivity contribution >= 4 is 0 Å². The molecule has 0 saturated heterocycles. The number of hydrogen-bond donors (Lipinski definition) is 1. The Bertz CT molecular complexity index is 608. The van der Waals surface area contributed by atoms with Crippen LogP contribution in [-0.4, -0.2) is 27.9 Å². The maximum Gasteiger partial charge on any atom is 0.136 e. The van der Waals surface area contributed by atoms with Gasteiger partial charge in [-0.2, -0.15) is 0 Å². The molecule has 3 rings (SSSR count). The molecule has 1 atom stereocenters. The van der Waals surface area contributed by atoms with Gasteiger partial charge in [0.2, 0.25) is 0 Å². The van der Waals surface area contributed by atoms with Crippen LogP contribution < -0.4 is 10.5 Å². The van der Waals surface area contributed by atoms with Crippen molar-refractivity contribution in [3.8, 4) is 5.75 Å². The van der Waals surface area contributed by atoms with Gasteiger partial charge in [0, 0.05) is 19.4 Å². The van der Waals surface area contributed by atoms with Gasteiger partial charge in [-0.15, -0.1) is 10.2 Å². The highest BCUT2D eigenvalue weighted by molar-refractivity contribution is 5.27. The molecular formula is C16H22N4O. The first-order valence-corrected chi connectivity index (χ1v) is 7.56. The predicted octanol–water partition coefficient (Wildman–Crippen LogP) is 1.73. The molecule has 1 unspecified atom stereocenters. The average Bonchev–Trinajstić information content (AvgIpc) is 2.90. The van der Waals surface area contributed by atoms with Crippen LogP contribution >= 0.6 is 0 Å². The molecule has 0 fully saturated rings. The summed E-state index contributed by atoms with van der Waals surface area (Å²) >= 11 is 0. The summed E-state index contributed by atoms with van der Waals surface area (Å²) < 4.78 is 8.02. The highest BCUT2D eigenvalue weighted by atomic mass is 16.5. The van der Waals surface area contributed by atoms with E-state index in [0.717, 1.165) is 49.8 Å². The minimum absolute atomic E-state index is 0.554. The lowest BCUT2D eigenvalue weighted by Crippen LogP contribution is -2.26. The smallest absolute Gasteiger partial charge is 0.136 e. The predicted molar refractivity (Wildman–Crippen MR) is 81.3 cm³/mol. The lowest BCUT2D eigenvalue weighted by atomic mass is 9.98. The van der Waals surface area contributed by atoms with Crippen molar-refractivity contribution in [3.05, 3.63) is 41.5 Å². The highest BCUT2D eigenvalue weighted by Crippen LogP contribution is 2.20. The molecule has 0 aliphatic carbocycles. The number of aromatic nitrogens is 3. The van der Waals surface area contributed by atoms with E-state index in [1.165, 1.54) is 5.56 Å². The topological polar surface area (TPSA) is 66.0 Å². The molecule has 2 heterocycles. The quantitative estimate of drug-likeness (QED) is 0.909. The zero-order chi connectivity index (χ0) is 14.7. The fraction of sp³-hybridized carbons (Fsp3) is 0.500. The zero-order valence-corrected chi connectivity index (χ0v) is 12.5. The maximum absolute atomic E-state index is 5.79. The average molecular weight is 286 g/mol. The third kappa shape index (κ3) is 3.24. The van der Waals surface area contributed by atoms with Gasteiger partial charge in [0.05, 0.1) is 6.61 Å². The van der Waals surface area contributed by atoms with E-state index in [4.69, 9.17) is 10.5 Å². The summed E-state index contributed by atoms with van der Waals surface area (Å²) in [5, 5.41) is 8.60. The summed E-state index contributed by atoms with van der Waals surface area (Å²) in [7, 11) is 0. The van der Waals surface area contributed by atoms with Gasteiger partial charge in [-0.05, 0) is 43.5 Å². The Labute approximate surface area is 125 Å². The minimum Gasteiger partial charge on any atom is -0.493 e. The molecule has 21 heavy (non-hydrogen) atoms. The van der Waals surface area contributed by atoms with E-state index in [1.54, 1.807) is 0 Å². The lowest BCUT2D eigenvalue weighted by molar-refractivity contribution is 0.312. The Balaban J connectivity index is 1.58. The first kappa shape index (κ1) is 14.1. The first-order valence-electron chi connectivity index (χ1n) is 7.56. The Morgan fingerprint density at radius 2 is 2.29 bits per heavy atom. The van der Waals surface area contributed by atoms with E-state index in [-0.39, 0.29) is 0 Å². The number of hydrogen-bond acceptors (Lipinski definition) is 4. The van der Waals surface area contributed by atoms with Crippen LogP contribution in [0, 0.1) is 12.8 Å².